The molecule has 1 amide bonds. The van der Waals surface area contributed by atoms with Crippen molar-refractivity contribution in [3.63, 3.8) is 0 Å². The fourth-order valence-electron chi connectivity index (χ4n) is 2.82. The van der Waals surface area contributed by atoms with E-state index in [2.05, 4.69) is 21.6 Å². The lowest BCUT2D eigenvalue weighted by Gasteiger charge is -2.36. The minimum Gasteiger partial charge on any atom is -0.350 e. The first-order valence-corrected chi connectivity index (χ1v) is 8.97. The molecule has 0 bridgehead atoms. The molecule has 1 aliphatic heterocycles. The van der Waals surface area contributed by atoms with Gasteiger partial charge in [-0.05, 0) is 29.1 Å². The topological polar surface area (TPSA) is 44.4 Å². The molecule has 2 N–H and O–H groups in total. The van der Waals surface area contributed by atoms with Crippen molar-refractivity contribution in [2.24, 2.45) is 0 Å². The first-order chi connectivity index (χ1) is 11.2. The molecular weight excluding hydrogens is 365 g/mol. The van der Waals surface area contributed by atoms with E-state index in [0.717, 1.165) is 30.2 Å². The summed E-state index contributed by atoms with van der Waals surface area (Å²) in [6.45, 7) is 3.59. The van der Waals surface area contributed by atoms with E-state index in [1.165, 1.54) is 4.88 Å². The van der Waals surface area contributed by atoms with Gasteiger partial charge < -0.3 is 10.6 Å². The molecule has 1 saturated heterocycles. The second-order valence-electron chi connectivity index (χ2n) is 5.60. The predicted molar refractivity (Wildman–Crippen MR) is 102 cm³/mol. The summed E-state index contributed by atoms with van der Waals surface area (Å²) in [7, 11) is 0. The Morgan fingerprint density at radius 1 is 1.38 bits per heavy atom. The minimum atomic E-state index is 0. The van der Waals surface area contributed by atoms with Gasteiger partial charge >= 0.3 is 0 Å². The van der Waals surface area contributed by atoms with Gasteiger partial charge in [0.2, 0.25) is 5.91 Å². The summed E-state index contributed by atoms with van der Waals surface area (Å²) in [6.07, 6.45) is 0. The summed E-state index contributed by atoms with van der Waals surface area (Å²) in [5.41, 5.74) is 1.15. The van der Waals surface area contributed by atoms with Crippen LogP contribution in [0.3, 0.4) is 0 Å². The number of piperazine rings is 1. The molecule has 24 heavy (non-hydrogen) atoms. The number of hydrogen-bond acceptors (Lipinski definition) is 4. The fourth-order valence-corrected chi connectivity index (χ4v) is 3.66. The summed E-state index contributed by atoms with van der Waals surface area (Å²) >= 11 is 7.76. The van der Waals surface area contributed by atoms with E-state index < -0.39 is 0 Å². The SMILES string of the molecule is Cl.O=C(CN1CCNCC1c1cccc(Cl)c1)NCc1cccs1. The van der Waals surface area contributed by atoms with Gasteiger partial charge in [-0.3, -0.25) is 9.69 Å². The zero-order valence-corrected chi connectivity index (χ0v) is 15.6. The van der Waals surface area contributed by atoms with Crippen LogP contribution in [0.2, 0.25) is 5.02 Å². The van der Waals surface area contributed by atoms with Crippen LogP contribution in [0.15, 0.2) is 41.8 Å². The van der Waals surface area contributed by atoms with Crippen LogP contribution in [-0.2, 0) is 11.3 Å². The van der Waals surface area contributed by atoms with Crippen LogP contribution in [0.25, 0.3) is 0 Å². The first-order valence-electron chi connectivity index (χ1n) is 7.71. The smallest absolute Gasteiger partial charge is 0.234 e. The molecular formula is C17H21Cl2N3OS. The maximum Gasteiger partial charge on any atom is 0.234 e. The normalized spacial score (nSPS) is 18.0. The van der Waals surface area contributed by atoms with E-state index in [-0.39, 0.29) is 24.4 Å². The molecule has 0 radical (unpaired) electrons. The number of hydrogen-bond donors (Lipinski definition) is 2. The van der Waals surface area contributed by atoms with Gasteiger partial charge in [0.25, 0.3) is 0 Å². The Morgan fingerprint density at radius 3 is 3.00 bits per heavy atom. The largest absolute Gasteiger partial charge is 0.350 e. The summed E-state index contributed by atoms with van der Waals surface area (Å²) in [6, 6.07) is 12.1. The van der Waals surface area contributed by atoms with Gasteiger partial charge in [0.1, 0.15) is 0 Å². The van der Waals surface area contributed by atoms with Crippen LogP contribution in [-0.4, -0.2) is 37.0 Å². The highest BCUT2D eigenvalue weighted by Crippen LogP contribution is 2.24. The lowest BCUT2D eigenvalue weighted by atomic mass is 10.0. The van der Waals surface area contributed by atoms with Crippen molar-refractivity contribution in [1.82, 2.24) is 15.5 Å². The van der Waals surface area contributed by atoms with Crippen molar-refractivity contribution in [2.45, 2.75) is 12.6 Å². The Morgan fingerprint density at radius 2 is 2.25 bits per heavy atom. The van der Waals surface area contributed by atoms with Crippen molar-refractivity contribution in [3.05, 3.63) is 57.2 Å². The predicted octanol–water partition coefficient (Wildman–Crippen LogP) is 3.09. The van der Waals surface area contributed by atoms with Crippen LogP contribution >= 0.6 is 35.3 Å². The first kappa shape index (κ1) is 19.2. The third-order valence-electron chi connectivity index (χ3n) is 3.97. The molecule has 0 aliphatic carbocycles. The summed E-state index contributed by atoms with van der Waals surface area (Å²) in [5, 5.41) is 9.15. The average Bonchev–Trinajstić information content (AvgIpc) is 3.07. The number of benzene rings is 1. The molecule has 3 rings (SSSR count). The highest BCUT2D eigenvalue weighted by Gasteiger charge is 2.25. The second kappa shape index (κ2) is 9.39. The minimum absolute atomic E-state index is 0. The number of rotatable bonds is 5. The van der Waals surface area contributed by atoms with Crippen molar-refractivity contribution >= 4 is 41.3 Å². The van der Waals surface area contributed by atoms with Gasteiger partial charge in [-0.15, -0.1) is 23.7 Å². The van der Waals surface area contributed by atoms with E-state index in [0.29, 0.717) is 13.1 Å². The number of carbonyl (C=O) groups is 1. The Hall–Kier alpha value is -1.11. The summed E-state index contributed by atoms with van der Waals surface area (Å²) in [4.78, 5) is 15.6. The molecule has 130 valence electrons. The molecule has 4 nitrogen and oxygen atoms in total. The third-order valence-corrected chi connectivity index (χ3v) is 5.09. The van der Waals surface area contributed by atoms with E-state index >= 15 is 0 Å². The Labute approximate surface area is 157 Å². The zero-order chi connectivity index (χ0) is 16.1. The molecule has 0 saturated carbocycles. The summed E-state index contributed by atoms with van der Waals surface area (Å²) < 4.78 is 0. The Balaban J connectivity index is 0.00000208. The van der Waals surface area contributed by atoms with Crippen LogP contribution < -0.4 is 10.6 Å². The zero-order valence-electron chi connectivity index (χ0n) is 13.2. The van der Waals surface area contributed by atoms with Crippen molar-refractivity contribution in [1.29, 1.82) is 0 Å². The quantitative estimate of drug-likeness (QED) is 0.830. The van der Waals surface area contributed by atoms with Gasteiger partial charge in [-0.2, -0.15) is 0 Å². The number of nitrogens with zero attached hydrogens (tertiary/aromatic N) is 1. The average molecular weight is 386 g/mol. The van der Waals surface area contributed by atoms with Gasteiger partial charge in [0.05, 0.1) is 13.1 Å². The highest BCUT2D eigenvalue weighted by molar-refractivity contribution is 7.09. The van der Waals surface area contributed by atoms with Crippen molar-refractivity contribution < 1.29 is 4.79 Å². The Kier molecular flexibility index (Phi) is 7.52. The van der Waals surface area contributed by atoms with Crippen LogP contribution in [0.5, 0.6) is 0 Å². The monoisotopic (exact) mass is 385 g/mol. The van der Waals surface area contributed by atoms with Gasteiger partial charge in [0, 0.05) is 35.6 Å². The van der Waals surface area contributed by atoms with Gasteiger partial charge in [0.15, 0.2) is 0 Å². The molecule has 0 spiro atoms. The summed E-state index contributed by atoms with van der Waals surface area (Å²) in [5.74, 6) is 0.0623. The molecule has 1 atom stereocenters. The molecule has 1 unspecified atom stereocenters. The Bertz CT molecular complexity index is 651. The molecule has 1 aliphatic rings. The van der Waals surface area contributed by atoms with Gasteiger partial charge in [-0.1, -0.05) is 29.8 Å². The molecule has 1 aromatic heterocycles. The van der Waals surface area contributed by atoms with E-state index in [1.54, 1.807) is 11.3 Å². The lowest BCUT2D eigenvalue weighted by Crippen LogP contribution is -2.49. The van der Waals surface area contributed by atoms with Crippen molar-refractivity contribution in [3.8, 4) is 0 Å². The van der Waals surface area contributed by atoms with Crippen LogP contribution in [0, 0.1) is 0 Å². The van der Waals surface area contributed by atoms with E-state index in [4.69, 9.17) is 11.6 Å². The highest BCUT2D eigenvalue weighted by atomic mass is 35.5. The molecule has 1 aromatic carbocycles. The standard InChI is InChI=1S/C17H20ClN3OS.ClH/c18-14-4-1-3-13(9-14)16-11-19-6-7-21(16)12-17(22)20-10-15-5-2-8-23-15;/h1-5,8-9,16,19H,6-7,10-12H2,(H,20,22);1H. The molecule has 1 fully saturated rings. The number of nitrogens with one attached hydrogen (secondary N) is 2. The maximum atomic E-state index is 12.3. The third kappa shape index (κ3) is 5.19. The molecule has 2 aromatic rings. The second-order valence-corrected chi connectivity index (χ2v) is 7.07. The lowest BCUT2D eigenvalue weighted by molar-refractivity contribution is -0.123. The van der Waals surface area contributed by atoms with Gasteiger partial charge in [-0.25, -0.2) is 0 Å². The van der Waals surface area contributed by atoms with Crippen LogP contribution in [0.4, 0.5) is 0 Å². The van der Waals surface area contributed by atoms with E-state index in [1.807, 2.05) is 35.7 Å². The number of carbonyl (C=O) groups excluding carboxylic acids is 1. The number of amides is 1. The molecule has 7 heteroatoms. The maximum absolute atomic E-state index is 12.3. The fraction of sp³-hybridized carbons (Fsp3) is 0.353. The molecule has 2 heterocycles. The number of thiophene rings is 1. The number of halogens is 2. The van der Waals surface area contributed by atoms with E-state index in [9.17, 15) is 4.79 Å². The van der Waals surface area contributed by atoms with Crippen molar-refractivity contribution in [2.75, 3.05) is 26.2 Å². The van der Waals surface area contributed by atoms with Crippen LogP contribution in [0.1, 0.15) is 16.5 Å².